The van der Waals surface area contributed by atoms with Crippen LogP contribution in [0.25, 0.3) is 0 Å². The Bertz CT molecular complexity index is 702. The van der Waals surface area contributed by atoms with E-state index in [1.54, 1.807) is 6.20 Å². The number of aryl methyl sites for hydroxylation is 1. The molecule has 0 saturated carbocycles. The van der Waals surface area contributed by atoms with E-state index in [0.29, 0.717) is 6.54 Å². The highest BCUT2D eigenvalue weighted by atomic mass is 32.1. The van der Waals surface area contributed by atoms with Gasteiger partial charge in [0.2, 0.25) is 0 Å². The predicted molar refractivity (Wildman–Crippen MR) is 75.7 cm³/mol. The van der Waals surface area contributed by atoms with Crippen molar-refractivity contribution < 1.29 is 14.1 Å². The van der Waals surface area contributed by atoms with E-state index in [9.17, 15) is 19.3 Å². The van der Waals surface area contributed by atoms with Gasteiger partial charge in [0.05, 0.1) is 22.5 Å². The highest BCUT2D eigenvalue weighted by Crippen LogP contribution is 2.22. The number of halogens is 1. The third-order valence-corrected chi connectivity index (χ3v) is 3.69. The van der Waals surface area contributed by atoms with Crippen LogP contribution in [-0.2, 0) is 6.54 Å². The van der Waals surface area contributed by atoms with Crippen LogP contribution in [0.2, 0.25) is 0 Å². The maximum Gasteiger partial charge on any atom is 0.285 e. The van der Waals surface area contributed by atoms with E-state index in [1.165, 1.54) is 23.3 Å². The zero-order valence-electron chi connectivity index (χ0n) is 11.4. The van der Waals surface area contributed by atoms with Crippen molar-refractivity contribution in [3.05, 3.63) is 55.8 Å². The van der Waals surface area contributed by atoms with Gasteiger partial charge in [-0.05, 0) is 19.1 Å². The minimum Gasteiger partial charge on any atom is -0.336 e. The van der Waals surface area contributed by atoms with Crippen LogP contribution < -0.4 is 0 Å². The molecule has 0 N–H and O–H groups in total. The number of thiazole rings is 1. The Hall–Kier alpha value is -2.35. The first kappa shape index (κ1) is 15.0. The molecule has 2 aromatic rings. The number of carbonyl (C=O) groups excluding carboxylic acids is 1. The average molecular weight is 309 g/mol. The van der Waals surface area contributed by atoms with Gasteiger partial charge in [-0.3, -0.25) is 14.9 Å². The van der Waals surface area contributed by atoms with Gasteiger partial charge >= 0.3 is 0 Å². The van der Waals surface area contributed by atoms with Crippen molar-refractivity contribution >= 4 is 22.9 Å². The Morgan fingerprint density at radius 1 is 1.52 bits per heavy atom. The van der Waals surface area contributed by atoms with Crippen molar-refractivity contribution in [3.63, 3.8) is 0 Å². The van der Waals surface area contributed by atoms with Crippen molar-refractivity contribution in [1.82, 2.24) is 9.88 Å². The second kappa shape index (κ2) is 5.96. The molecule has 0 aliphatic carbocycles. The highest BCUT2D eigenvalue weighted by Gasteiger charge is 2.23. The second-order valence-electron chi connectivity index (χ2n) is 4.43. The maximum atomic E-state index is 13.1. The Balaban J connectivity index is 2.25. The minimum absolute atomic E-state index is 0.134. The monoisotopic (exact) mass is 309 g/mol. The summed E-state index contributed by atoms with van der Waals surface area (Å²) in [6, 6.07) is 2.91. The van der Waals surface area contributed by atoms with Crippen molar-refractivity contribution in [1.29, 1.82) is 0 Å². The Kier molecular flexibility index (Phi) is 4.27. The lowest BCUT2D eigenvalue weighted by Crippen LogP contribution is -2.26. The third-order valence-electron chi connectivity index (χ3n) is 2.80. The fourth-order valence-electron chi connectivity index (χ4n) is 1.83. The molecule has 0 radical (unpaired) electrons. The van der Waals surface area contributed by atoms with Gasteiger partial charge in [0.1, 0.15) is 11.4 Å². The van der Waals surface area contributed by atoms with Gasteiger partial charge in [-0.15, -0.1) is 11.3 Å². The smallest absolute Gasteiger partial charge is 0.285 e. The first-order valence-corrected chi connectivity index (χ1v) is 6.81. The first-order valence-electron chi connectivity index (χ1n) is 5.99. The lowest BCUT2D eigenvalue weighted by Gasteiger charge is -2.16. The number of nitro benzene ring substituents is 1. The molecule has 1 amide bonds. The number of hydrogen-bond donors (Lipinski definition) is 0. The van der Waals surface area contributed by atoms with Gasteiger partial charge in [-0.25, -0.2) is 9.37 Å². The lowest BCUT2D eigenvalue weighted by atomic mass is 10.1. The second-order valence-corrected chi connectivity index (χ2v) is 5.74. The number of carbonyl (C=O) groups is 1. The predicted octanol–water partition coefficient (Wildman–Crippen LogP) is 2.77. The van der Waals surface area contributed by atoms with Crippen molar-refractivity contribution in [3.8, 4) is 0 Å². The van der Waals surface area contributed by atoms with Gasteiger partial charge in [0.25, 0.3) is 11.6 Å². The first-order chi connectivity index (χ1) is 9.88. The van der Waals surface area contributed by atoms with E-state index in [4.69, 9.17) is 0 Å². The van der Waals surface area contributed by atoms with E-state index in [0.717, 1.165) is 28.1 Å². The number of hydrogen-bond acceptors (Lipinski definition) is 5. The number of aromatic nitrogens is 1. The third kappa shape index (κ3) is 3.40. The summed E-state index contributed by atoms with van der Waals surface area (Å²) in [5.74, 6) is -1.29. The molecule has 0 atom stereocenters. The molecule has 0 aliphatic heterocycles. The summed E-state index contributed by atoms with van der Waals surface area (Å²) in [4.78, 5) is 28.7. The van der Waals surface area contributed by atoms with Crippen LogP contribution in [0, 0.1) is 22.9 Å². The summed E-state index contributed by atoms with van der Waals surface area (Å²) in [6.07, 6.45) is 1.66. The van der Waals surface area contributed by atoms with Crippen molar-refractivity contribution in [2.45, 2.75) is 13.5 Å². The Labute approximate surface area is 124 Å². The molecule has 6 nitrogen and oxygen atoms in total. The maximum absolute atomic E-state index is 13.1. The molecule has 0 aliphatic rings. The summed E-state index contributed by atoms with van der Waals surface area (Å²) in [7, 11) is 1.53. The molecule has 1 heterocycles. The van der Waals surface area contributed by atoms with Gasteiger partial charge in [-0.1, -0.05) is 0 Å². The van der Waals surface area contributed by atoms with Crippen molar-refractivity contribution in [2.24, 2.45) is 0 Å². The number of rotatable bonds is 4. The minimum atomic E-state index is -0.763. The summed E-state index contributed by atoms with van der Waals surface area (Å²) in [5, 5.41) is 11.8. The van der Waals surface area contributed by atoms with Gasteiger partial charge in [-0.2, -0.15) is 0 Å². The molecule has 0 fully saturated rings. The van der Waals surface area contributed by atoms with Gasteiger partial charge in [0, 0.05) is 18.1 Å². The van der Waals surface area contributed by atoms with E-state index in [1.807, 2.05) is 6.92 Å². The summed E-state index contributed by atoms with van der Waals surface area (Å²) in [5.41, 5.74) is -0.669. The van der Waals surface area contributed by atoms with E-state index < -0.39 is 22.3 Å². The van der Waals surface area contributed by atoms with Crippen LogP contribution in [-0.4, -0.2) is 27.8 Å². The summed E-state index contributed by atoms with van der Waals surface area (Å²) >= 11 is 1.44. The van der Waals surface area contributed by atoms with Crippen molar-refractivity contribution in [2.75, 3.05) is 7.05 Å². The SMILES string of the molecule is Cc1ncc(CN(C)C(=O)c2ccc(F)cc2[N+](=O)[O-])s1. The normalized spacial score (nSPS) is 10.4. The molecule has 0 unspecified atom stereocenters. The van der Waals surface area contributed by atoms with Crippen LogP contribution in [0.1, 0.15) is 20.2 Å². The molecule has 110 valence electrons. The molecule has 8 heteroatoms. The molecule has 1 aromatic heterocycles. The fraction of sp³-hybridized carbons (Fsp3) is 0.231. The molecule has 1 aromatic carbocycles. The molecule has 0 spiro atoms. The number of nitrogens with zero attached hydrogens (tertiary/aromatic N) is 3. The molecule has 0 bridgehead atoms. The molecular formula is C13H12FN3O3S. The van der Waals surface area contributed by atoms with Crippen LogP contribution in [0.5, 0.6) is 0 Å². The van der Waals surface area contributed by atoms with Crippen LogP contribution in [0.3, 0.4) is 0 Å². The average Bonchev–Trinajstić information content (AvgIpc) is 2.83. The quantitative estimate of drug-likeness (QED) is 0.643. The molecule has 0 saturated heterocycles. The molecule has 2 rings (SSSR count). The Morgan fingerprint density at radius 3 is 2.81 bits per heavy atom. The van der Waals surface area contributed by atoms with Gasteiger partial charge in [0.15, 0.2) is 0 Å². The van der Waals surface area contributed by atoms with E-state index >= 15 is 0 Å². The summed E-state index contributed by atoms with van der Waals surface area (Å²) < 4.78 is 13.1. The molecule has 21 heavy (non-hydrogen) atoms. The zero-order valence-corrected chi connectivity index (χ0v) is 12.2. The Morgan fingerprint density at radius 2 is 2.24 bits per heavy atom. The topological polar surface area (TPSA) is 76.3 Å². The zero-order chi connectivity index (χ0) is 15.6. The summed E-state index contributed by atoms with van der Waals surface area (Å²) in [6.45, 7) is 2.14. The van der Waals surface area contributed by atoms with E-state index in [-0.39, 0.29) is 5.56 Å². The fourth-order valence-corrected chi connectivity index (χ4v) is 2.67. The van der Waals surface area contributed by atoms with Crippen LogP contribution in [0.15, 0.2) is 24.4 Å². The van der Waals surface area contributed by atoms with E-state index in [2.05, 4.69) is 4.98 Å². The van der Waals surface area contributed by atoms with Crippen LogP contribution >= 0.6 is 11.3 Å². The van der Waals surface area contributed by atoms with Gasteiger partial charge < -0.3 is 4.90 Å². The number of amides is 1. The largest absolute Gasteiger partial charge is 0.336 e. The van der Waals surface area contributed by atoms with Crippen LogP contribution in [0.4, 0.5) is 10.1 Å². The standard InChI is InChI=1S/C13H12FN3O3S/c1-8-15-6-10(21-8)7-16(2)13(18)11-4-3-9(14)5-12(11)17(19)20/h3-6H,7H2,1-2H3. The molecular weight excluding hydrogens is 297 g/mol. The lowest BCUT2D eigenvalue weighted by molar-refractivity contribution is -0.385. The number of benzene rings is 1. The number of nitro groups is 1. The highest BCUT2D eigenvalue weighted by molar-refractivity contribution is 7.11.